The van der Waals surface area contributed by atoms with Crippen molar-refractivity contribution < 1.29 is 26.3 Å². The molecule has 0 amide bonds. The van der Waals surface area contributed by atoms with Crippen LogP contribution in [0.25, 0.3) is 11.5 Å². The van der Waals surface area contributed by atoms with Gasteiger partial charge in [-0.25, -0.2) is 9.67 Å². The van der Waals surface area contributed by atoms with Gasteiger partial charge >= 0.3 is 12.4 Å². The molecule has 3 rings (SSSR count). The number of aryl methyl sites for hydroxylation is 1. The average Bonchev–Trinajstić information content (AvgIpc) is 3.02. The second kappa shape index (κ2) is 6.80. The quantitative estimate of drug-likeness (QED) is 0.524. The van der Waals surface area contributed by atoms with Crippen LogP contribution in [0.4, 0.5) is 32.0 Å². The van der Waals surface area contributed by atoms with Gasteiger partial charge in [0.25, 0.3) is 5.82 Å². The van der Waals surface area contributed by atoms with Crippen molar-refractivity contribution >= 4 is 5.69 Å². The monoisotopic (exact) mass is 401 g/mol. The number of benzene rings is 1. The molecule has 0 saturated carbocycles. The Morgan fingerprint density at radius 3 is 2.25 bits per heavy atom. The van der Waals surface area contributed by atoms with E-state index >= 15 is 0 Å². The van der Waals surface area contributed by atoms with Crippen LogP contribution in [0.3, 0.4) is 0 Å². The number of alkyl halides is 6. The summed E-state index contributed by atoms with van der Waals surface area (Å²) in [5.74, 6) is -1.70. The van der Waals surface area contributed by atoms with Crippen LogP contribution in [0.15, 0.2) is 36.5 Å². The number of nitrogens with two attached hydrogens (primary N) is 1. The zero-order chi connectivity index (χ0) is 20.7. The van der Waals surface area contributed by atoms with E-state index in [0.29, 0.717) is 17.4 Å². The van der Waals surface area contributed by atoms with Crippen molar-refractivity contribution in [1.29, 1.82) is 0 Å². The highest BCUT2D eigenvalue weighted by atomic mass is 19.4. The van der Waals surface area contributed by atoms with Crippen LogP contribution in [-0.4, -0.2) is 19.7 Å². The highest BCUT2D eigenvalue weighted by Crippen LogP contribution is 2.31. The lowest BCUT2D eigenvalue weighted by Crippen LogP contribution is -2.10. The Bertz CT molecular complexity index is 989. The summed E-state index contributed by atoms with van der Waals surface area (Å²) in [6, 6.07) is 6.57. The Hall–Kier alpha value is -3.11. The Kier molecular flexibility index (Phi) is 4.77. The van der Waals surface area contributed by atoms with Crippen molar-refractivity contribution in [3.05, 3.63) is 59.0 Å². The van der Waals surface area contributed by atoms with Gasteiger partial charge in [0, 0.05) is 11.9 Å². The van der Waals surface area contributed by atoms with Gasteiger partial charge in [-0.05, 0) is 36.2 Å². The lowest BCUT2D eigenvalue weighted by Gasteiger charge is -2.09. The van der Waals surface area contributed by atoms with E-state index in [0.717, 1.165) is 22.4 Å². The minimum absolute atomic E-state index is 0.0950. The Morgan fingerprint density at radius 1 is 1.00 bits per heavy atom. The van der Waals surface area contributed by atoms with Crippen LogP contribution < -0.4 is 5.73 Å². The molecule has 148 valence electrons. The number of halogens is 6. The third-order valence-electron chi connectivity index (χ3n) is 3.91. The summed E-state index contributed by atoms with van der Waals surface area (Å²) in [7, 11) is 0. The number of aromatic nitrogens is 4. The van der Waals surface area contributed by atoms with Gasteiger partial charge in [0.15, 0.2) is 5.82 Å². The molecule has 0 aliphatic rings. The molecule has 0 spiro atoms. The normalized spacial score (nSPS) is 12.4. The molecule has 11 heteroatoms. The minimum Gasteiger partial charge on any atom is -0.399 e. The van der Waals surface area contributed by atoms with Gasteiger partial charge in [-0.15, -0.1) is 5.10 Å². The molecule has 28 heavy (non-hydrogen) atoms. The van der Waals surface area contributed by atoms with E-state index < -0.39 is 23.7 Å². The molecule has 2 aromatic heterocycles. The molecular formula is C17H13F6N5. The molecule has 0 aliphatic carbocycles. The number of anilines is 1. The molecule has 1 aromatic carbocycles. The molecule has 0 atom stereocenters. The zero-order valence-corrected chi connectivity index (χ0v) is 14.3. The fourth-order valence-electron chi connectivity index (χ4n) is 2.46. The highest BCUT2D eigenvalue weighted by molar-refractivity contribution is 5.51. The fraction of sp³-hybridized carbons (Fsp3) is 0.235. The number of hydrogen-bond donors (Lipinski definition) is 1. The molecule has 0 aliphatic heterocycles. The van der Waals surface area contributed by atoms with Gasteiger partial charge in [-0.1, -0.05) is 12.1 Å². The maximum absolute atomic E-state index is 13.0. The first-order valence-corrected chi connectivity index (χ1v) is 7.86. The predicted molar refractivity (Wildman–Crippen MR) is 88.0 cm³/mol. The maximum Gasteiger partial charge on any atom is 0.453 e. The summed E-state index contributed by atoms with van der Waals surface area (Å²) in [6.45, 7) is 1.64. The molecule has 0 radical (unpaired) electrons. The number of pyridine rings is 1. The summed E-state index contributed by atoms with van der Waals surface area (Å²) in [5, 5.41) is 3.46. The van der Waals surface area contributed by atoms with Crippen LogP contribution in [0, 0.1) is 6.92 Å². The average molecular weight is 401 g/mol. The summed E-state index contributed by atoms with van der Waals surface area (Å²) in [6.07, 6.45) is -8.89. The van der Waals surface area contributed by atoms with Crippen LogP contribution in [-0.2, 0) is 18.9 Å². The van der Waals surface area contributed by atoms with E-state index in [2.05, 4.69) is 15.1 Å². The van der Waals surface area contributed by atoms with Crippen molar-refractivity contribution in [2.24, 2.45) is 0 Å². The smallest absolute Gasteiger partial charge is 0.399 e. The molecule has 2 N–H and O–H groups in total. The third-order valence-corrected chi connectivity index (χ3v) is 3.91. The summed E-state index contributed by atoms with van der Waals surface area (Å²) >= 11 is 0. The van der Waals surface area contributed by atoms with Crippen molar-refractivity contribution in [3.63, 3.8) is 0 Å². The maximum atomic E-state index is 13.0. The SMILES string of the molecule is Cc1cc(Cn2nc(C(F)(F)F)nc2-c2ccc(C(F)(F)F)cn2)ccc1N. The first kappa shape index (κ1) is 19.6. The first-order valence-electron chi connectivity index (χ1n) is 7.86. The molecule has 0 fully saturated rings. The first-order chi connectivity index (χ1) is 12.9. The van der Waals surface area contributed by atoms with Crippen molar-refractivity contribution in [2.45, 2.75) is 25.8 Å². The Morgan fingerprint density at radius 2 is 1.71 bits per heavy atom. The fourth-order valence-corrected chi connectivity index (χ4v) is 2.46. The van der Waals surface area contributed by atoms with Gasteiger partial charge in [-0.3, -0.25) is 4.98 Å². The summed E-state index contributed by atoms with van der Waals surface area (Å²) < 4.78 is 78.2. The van der Waals surface area contributed by atoms with Crippen molar-refractivity contribution in [2.75, 3.05) is 5.73 Å². The van der Waals surface area contributed by atoms with Crippen molar-refractivity contribution in [3.8, 4) is 11.5 Å². The molecule has 2 heterocycles. The summed E-state index contributed by atoms with van der Waals surface area (Å²) in [4.78, 5) is 7.05. The largest absolute Gasteiger partial charge is 0.453 e. The van der Waals surface area contributed by atoms with E-state index in [1.165, 1.54) is 0 Å². The Labute approximate surface area is 154 Å². The van der Waals surface area contributed by atoms with Gasteiger partial charge in [0.05, 0.1) is 12.1 Å². The lowest BCUT2D eigenvalue weighted by molar-refractivity contribution is -0.145. The molecule has 3 aromatic rings. The summed E-state index contributed by atoms with van der Waals surface area (Å²) in [5.41, 5.74) is 6.38. The standard InChI is InChI=1S/C17H13F6N5/c1-9-6-10(2-4-12(9)24)8-28-14(26-15(27-28)17(21,22)23)13-5-3-11(7-25-13)16(18,19)20/h2-7H,8,24H2,1H3. The Balaban J connectivity index is 2.04. The molecule has 5 nitrogen and oxygen atoms in total. The number of hydrogen-bond acceptors (Lipinski definition) is 4. The van der Waals surface area contributed by atoms with E-state index in [1.54, 1.807) is 25.1 Å². The van der Waals surface area contributed by atoms with Gasteiger partial charge in [0.2, 0.25) is 0 Å². The topological polar surface area (TPSA) is 69.6 Å². The second-order valence-corrected chi connectivity index (χ2v) is 6.04. The van der Waals surface area contributed by atoms with E-state index in [-0.39, 0.29) is 18.1 Å². The molecular weight excluding hydrogens is 388 g/mol. The van der Waals surface area contributed by atoms with Gasteiger partial charge in [-0.2, -0.15) is 26.3 Å². The number of nitrogens with zero attached hydrogens (tertiary/aromatic N) is 4. The number of rotatable bonds is 3. The second-order valence-electron chi connectivity index (χ2n) is 6.04. The lowest BCUT2D eigenvalue weighted by atomic mass is 10.1. The van der Waals surface area contributed by atoms with Crippen LogP contribution in [0.1, 0.15) is 22.5 Å². The van der Waals surface area contributed by atoms with Gasteiger partial charge in [0.1, 0.15) is 5.69 Å². The third kappa shape index (κ3) is 4.07. The zero-order valence-electron chi connectivity index (χ0n) is 14.3. The highest BCUT2D eigenvalue weighted by Gasteiger charge is 2.37. The van der Waals surface area contributed by atoms with E-state index in [4.69, 9.17) is 5.73 Å². The van der Waals surface area contributed by atoms with Crippen LogP contribution in [0.2, 0.25) is 0 Å². The molecule has 0 bridgehead atoms. The predicted octanol–water partition coefficient (Wildman–Crippen LogP) is 4.32. The van der Waals surface area contributed by atoms with Crippen LogP contribution in [0.5, 0.6) is 0 Å². The minimum atomic E-state index is -4.82. The molecule has 0 unspecified atom stereocenters. The van der Waals surface area contributed by atoms with E-state index in [1.807, 2.05) is 0 Å². The van der Waals surface area contributed by atoms with E-state index in [9.17, 15) is 26.3 Å². The van der Waals surface area contributed by atoms with Gasteiger partial charge < -0.3 is 5.73 Å². The van der Waals surface area contributed by atoms with Crippen molar-refractivity contribution in [1.82, 2.24) is 19.7 Å². The number of nitrogen functional groups attached to an aromatic ring is 1. The van der Waals surface area contributed by atoms with Crippen LogP contribution >= 0.6 is 0 Å². The molecule has 0 saturated heterocycles.